The van der Waals surface area contributed by atoms with E-state index in [4.69, 9.17) is 5.11 Å². The molecule has 0 saturated carbocycles. The Labute approximate surface area is 100.0 Å². The number of carboxylic acids is 1. The Morgan fingerprint density at radius 3 is 2.33 bits per heavy atom. The first-order valence-electron chi connectivity index (χ1n) is 4.89. The lowest BCUT2D eigenvalue weighted by Crippen LogP contribution is -2.14. The minimum absolute atomic E-state index is 0.00108. The van der Waals surface area contributed by atoms with Gasteiger partial charge in [-0.15, -0.1) is 0 Å². The second kappa shape index (κ2) is 5.07. The fourth-order valence-electron chi connectivity index (χ4n) is 1.28. The molecule has 0 aromatic heterocycles. The molecule has 0 radical (unpaired) electrons. The van der Waals surface area contributed by atoms with Gasteiger partial charge in [0, 0.05) is 0 Å². The van der Waals surface area contributed by atoms with E-state index in [1.54, 1.807) is 0 Å². The monoisotopic (exact) mass is 262 g/mol. The van der Waals surface area contributed by atoms with Crippen LogP contribution in [0.25, 0.3) is 0 Å². The lowest BCUT2D eigenvalue weighted by atomic mass is 10.0. The number of hydrogen-bond donors (Lipinski definition) is 1. The Kier molecular flexibility index (Phi) is 3.95. The van der Waals surface area contributed by atoms with Crippen molar-refractivity contribution in [3.63, 3.8) is 0 Å². The average Bonchev–Trinajstić information content (AvgIpc) is 2.27. The van der Waals surface area contributed by atoms with E-state index in [1.165, 1.54) is 6.92 Å². The number of carbonyl (C=O) groups is 2. The minimum Gasteiger partial charge on any atom is -0.478 e. The summed E-state index contributed by atoms with van der Waals surface area (Å²) in [4.78, 5) is 22.2. The van der Waals surface area contributed by atoms with Crippen molar-refractivity contribution in [2.75, 3.05) is 6.61 Å². The minimum atomic E-state index is -4.67. The molecular weight excluding hydrogens is 253 g/mol. The number of alkyl halides is 3. The number of carboxylic acid groups (broad SMARTS) is 1. The summed E-state index contributed by atoms with van der Waals surface area (Å²) in [5, 5.41) is 8.80. The third kappa shape index (κ3) is 2.99. The van der Waals surface area contributed by atoms with Crippen molar-refractivity contribution in [2.45, 2.75) is 13.1 Å². The molecule has 0 spiro atoms. The summed E-state index contributed by atoms with van der Waals surface area (Å²) in [6.07, 6.45) is -4.67. The van der Waals surface area contributed by atoms with E-state index in [0.717, 1.165) is 6.07 Å². The van der Waals surface area contributed by atoms with Gasteiger partial charge in [0.1, 0.15) is 0 Å². The number of hydrogen-bond acceptors (Lipinski definition) is 3. The van der Waals surface area contributed by atoms with Crippen LogP contribution in [-0.4, -0.2) is 23.7 Å². The first kappa shape index (κ1) is 14.0. The van der Waals surface area contributed by atoms with Crippen LogP contribution in [0.5, 0.6) is 0 Å². The van der Waals surface area contributed by atoms with Crippen molar-refractivity contribution in [2.24, 2.45) is 0 Å². The van der Waals surface area contributed by atoms with E-state index in [-0.39, 0.29) is 6.61 Å². The molecule has 0 amide bonds. The third-order valence-corrected chi connectivity index (χ3v) is 2.07. The maximum absolute atomic E-state index is 12.4. The van der Waals surface area contributed by atoms with Gasteiger partial charge in [-0.2, -0.15) is 13.2 Å². The third-order valence-electron chi connectivity index (χ3n) is 2.07. The van der Waals surface area contributed by atoms with Gasteiger partial charge in [-0.25, -0.2) is 9.59 Å². The second-order valence-corrected chi connectivity index (χ2v) is 3.28. The van der Waals surface area contributed by atoms with E-state index in [9.17, 15) is 22.8 Å². The van der Waals surface area contributed by atoms with Crippen molar-refractivity contribution in [1.82, 2.24) is 0 Å². The van der Waals surface area contributed by atoms with Crippen LogP contribution >= 0.6 is 0 Å². The Balaban J connectivity index is 3.30. The van der Waals surface area contributed by atoms with Crippen molar-refractivity contribution >= 4 is 11.9 Å². The van der Waals surface area contributed by atoms with Crippen molar-refractivity contribution in [3.8, 4) is 0 Å². The molecule has 0 unspecified atom stereocenters. The van der Waals surface area contributed by atoms with Crippen LogP contribution < -0.4 is 0 Å². The van der Waals surface area contributed by atoms with E-state index in [2.05, 4.69) is 4.74 Å². The topological polar surface area (TPSA) is 63.6 Å². The molecule has 98 valence electrons. The van der Waals surface area contributed by atoms with E-state index < -0.39 is 34.8 Å². The molecule has 4 nitrogen and oxygen atoms in total. The zero-order valence-corrected chi connectivity index (χ0v) is 9.25. The Morgan fingerprint density at radius 2 is 1.89 bits per heavy atom. The Bertz CT molecular complexity index is 480. The number of benzene rings is 1. The molecular formula is C11H9F3O4. The molecule has 0 atom stereocenters. The van der Waals surface area contributed by atoms with Crippen LogP contribution in [-0.2, 0) is 10.9 Å². The lowest BCUT2D eigenvalue weighted by molar-refractivity contribution is -0.137. The predicted molar refractivity (Wildman–Crippen MR) is 54.4 cm³/mol. The Hall–Kier alpha value is -2.05. The smallest absolute Gasteiger partial charge is 0.416 e. The first-order chi connectivity index (χ1) is 8.27. The van der Waals surface area contributed by atoms with E-state index >= 15 is 0 Å². The predicted octanol–water partition coefficient (Wildman–Crippen LogP) is 2.58. The fourth-order valence-corrected chi connectivity index (χ4v) is 1.28. The van der Waals surface area contributed by atoms with Crippen LogP contribution in [0.3, 0.4) is 0 Å². The number of esters is 1. The molecule has 1 aromatic rings. The summed E-state index contributed by atoms with van der Waals surface area (Å²) >= 11 is 0. The average molecular weight is 262 g/mol. The number of ether oxygens (including phenoxy) is 1. The van der Waals surface area contributed by atoms with Gasteiger partial charge >= 0.3 is 18.1 Å². The van der Waals surface area contributed by atoms with Crippen LogP contribution in [0.1, 0.15) is 33.2 Å². The zero-order chi connectivity index (χ0) is 13.9. The highest BCUT2D eigenvalue weighted by Crippen LogP contribution is 2.30. The molecule has 7 heteroatoms. The van der Waals surface area contributed by atoms with Gasteiger partial charge in [0.2, 0.25) is 0 Å². The summed E-state index contributed by atoms with van der Waals surface area (Å²) in [5.74, 6) is -2.59. The van der Waals surface area contributed by atoms with Crippen LogP contribution in [0, 0.1) is 0 Å². The summed E-state index contributed by atoms with van der Waals surface area (Å²) in [7, 11) is 0. The molecule has 1 rings (SSSR count). The molecule has 18 heavy (non-hydrogen) atoms. The first-order valence-corrected chi connectivity index (χ1v) is 4.89. The lowest BCUT2D eigenvalue weighted by Gasteiger charge is -2.10. The quantitative estimate of drug-likeness (QED) is 0.850. The molecule has 0 bridgehead atoms. The highest BCUT2D eigenvalue weighted by atomic mass is 19.4. The highest BCUT2D eigenvalue weighted by Gasteiger charge is 2.32. The Morgan fingerprint density at radius 1 is 1.28 bits per heavy atom. The molecule has 0 saturated heterocycles. The molecule has 0 heterocycles. The van der Waals surface area contributed by atoms with Gasteiger partial charge in [0.25, 0.3) is 0 Å². The maximum Gasteiger partial charge on any atom is 0.416 e. The fraction of sp³-hybridized carbons (Fsp3) is 0.273. The number of rotatable bonds is 3. The SMILES string of the molecule is CCOC(=O)c1ccc(C(F)(F)F)cc1C(=O)O. The van der Waals surface area contributed by atoms with Crippen molar-refractivity contribution in [3.05, 3.63) is 34.9 Å². The molecule has 0 aliphatic heterocycles. The summed E-state index contributed by atoms with van der Waals surface area (Å²) in [5.41, 5.74) is -2.27. The standard InChI is InChI=1S/C11H9F3O4/c1-2-18-10(17)7-4-3-6(11(12,13)14)5-8(7)9(15)16/h3-5H,2H2,1H3,(H,15,16). The molecule has 1 aromatic carbocycles. The molecule has 0 aliphatic carbocycles. The summed E-state index contributed by atoms with van der Waals surface area (Å²) < 4.78 is 41.8. The van der Waals surface area contributed by atoms with Gasteiger partial charge in [-0.3, -0.25) is 0 Å². The highest BCUT2D eigenvalue weighted by molar-refractivity contribution is 6.02. The van der Waals surface area contributed by atoms with Gasteiger partial charge in [-0.1, -0.05) is 0 Å². The molecule has 1 N–H and O–H groups in total. The van der Waals surface area contributed by atoms with Crippen LogP contribution in [0.4, 0.5) is 13.2 Å². The summed E-state index contributed by atoms with van der Waals surface area (Å²) in [6, 6.07) is 1.84. The van der Waals surface area contributed by atoms with Gasteiger partial charge < -0.3 is 9.84 Å². The number of halogens is 3. The van der Waals surface area contributed by atoms with Gasteiger partial charge in [0.05, 0.1) is 23.3 Å². The van der Waals surface area contributed by atoms with Crippen LogP contribution in [0.15, 0.2) is 18.2 Å². The van der Waals surface area contributed by atoms with E-state index in [1.807, 2.05) is 0 Å². The number of aromatic carboxylic acids is 1. The second-order valence-electron chi connectivity index (χ2n) is 3.28. The van der Waals surface area contributed by atoms with Gasteiger partial charge in [-0.05, 0) is 25.1 Å². The van der Waals surface area contributed by atoms with Crippen molar-refractivity contribution < 1.29 is 32.6 Å². The van der Waals surface area contributed by atoms with Gasteiger partial charge in [0.15, 0.2) is 0 Å². The van der Waals surface area contributed by atoms with Crippen molar-refractivity contribution in [1.29, 1.82) is 0 Å². The summed E-state index contributed by atoms with van der Waals surface area (Å²) in [6.45, 7) is 1.50. The van der Waals surface area contributed by atoms with E-state index in [0.29, 0.717) is 12.1 Å². The van der Waals surface area contributed by atoms with Crippen LogP contribution in [0.2, 0.25) is 0 Å². The normalized spacial score (nSPS) is 11.1. The largest absolute Gasteiger partial charge is 0.478 e. The molecule has 0 aliphatic rings. The maximum atomic E-state index is 12.4. The number of carbonyl (C=O) groups excluding carboxylic acids is 1. The molecule has 0 fully saturated rings. The zero-order valence-electron chi connectivity index (χ0n) is 9.25.